The molecular formula is C37H23N3O. The van der Waals surface area contributed by atoms with Gasteiger partial charge in [0.15, 0.2) is 17.5 Å². The van der Waals surface area contributed by atoms with Crippen molar-refractivity contribution in [3.63, 3.8) is 0 Å². The Morgan fingerprint density at radius 2 is 1.02 bits per heavy atom. The first kappa shape index (κ1) is 11.5. The molecule has 0 fully saturated rings. The van der Waals surface area contributed by atoms with Gasteiger partial charge in [0.2, 0.25) is 0 Å². The summed E-state index contributed by atoms with van der Waals surface area (Å²) >= 11 is 0. The van der Waals surface area contributed by atoms with E-state index in [1.165, 1.54) is 0 Å². The van der Waals surface area contributed by atoms with Crippen LogP contribution in [0, 0.1) is 0 Å². The monoisotopic (exact) mass is 543 g/mol. The molecule has 192 valence electrons. The minimum absolute atomic E-state index is 0.0273. The summed E-state index contributed by atoms with van der Waals surface area (Å²) in [4.78, 5) is 13.4. The summed E-state index contributed by atoms with van der Waals surface area (Å²) in [5.41, 5.74) is -2.14. The lowest BCUT2D eigenvalue weighted by atomic mass is 9.95. The lowest BCUT2D eigenvalue weighted by Gasteiger charge is -2.12. The first-order valence-corrected chi connectivity index (χ1v) is 12.2. The van der Waals surface area contributed by atoms with Crippen LogP contribution in [0.3, 0.4) is 0 Å². The fourth-order valence-electron chi connectivity index (χ4n) is 4.53. The smallest absolute Gasteiger partial charge is 0.164 e. The van der Waals surface area contributed by atoms with Crippen LogP contribution in [0.2, 0.25) is 0 Å². The molecular weight excluding hydrogens is 502 g/mol. The molecule has 0 N–H and O–H groups in total. The van der Waals surface area contributed by atoms with E-state index in [4.69, 9.17) is 29.1 Å². The van der Waals surface area contributed by atoms with Gasteiger partial charge in [0.25, 0.3) is 0 Å². The van der Waals surface area contributed by atoms with Crippen molar-refractivity contribution in [2.75, 3.05) is 0 Å². The number of benzene rings is 6. The first-order valence-electron chi connectivity index (χ1n) is 21.2. The van der Waals surface area contributed by atoms with Gasteiger partial charge in [-0.3, -0.25) is 0 Å². The molecule has 0 radical (unpaired) electrons. The number of para-hydroxylation sites is 1. The summed E-state index contributed by atoms with van der Waals surface area (Å²) in [5, 5.41) is -1.17. The summed E-state index contributed by atoms with van der Waals surface area (Å²) in [6, 6.07) is -4.49. The van der Waals surface area contributed by atoms with Gasteiger partial charge in [-0.15, -0.1) is 0 Å². The van der Waals surface area contributed by atoms with Gasteiger partial charge in [-0.1, -0.05) is 127 Å². The van der Waals surface area contributed by atoms with Crippen molar-refractivity contribution in [3.8, 4) is 45.3 Å². The van der Waals surface area contributed by atoms with Gasteiger partial charge in [-0.05, 0) is 34.0 Å². The second kappa shape index (κ2) is 9.54. The van der Waals surface area contributed by atoms with E-state index in [9.17, 15) is 0 Å². The Morgan fingerprint density at radius 1 is 0.439 bits per heavy atom. The van der Waals surface area contributed by atoms with Crippen molar-refractivity contribution >= 4 is 32.7 Å². The summed E-state index contributed by atoms with van der Waals surface area (Å²) in [6.45, 7) is 0. The molecule has 4 heteroatoms. The van der Waals surface area contributed by atoms with Gasteiger partial charge in [0.05, 0.1) is 24.7 Å². The molecule has 41 heavy (non-hydrogen) atoms. The van der Waals surface area contributed by atoms with Crippen molar-refractivity contribution in [2.45, 2.75) is 0 Å². The van der Waals surface area contributed by atoms with Crippen LogP contribution >= 0.6 is 0 Å². The van der Waals surface area contributed by atoms with Crippen LogP contribution in [-0.4, -0.2) is 15.0 Å². The third kappa shape index (κ3) is 3.97. The second-order valence-electron chi connectivity index (χ2n) is 8.68. The van der Waals surface area contributed by atoms with E-state index >= 15 is 0 Å². The van der Waals surface area contributed by atoms with Crippen LogP contribution < -0.4 is 0 Å². The Balaban J connectivity index is 1.63. The summed E-state index contributed by atoms with van der Waals surface area (Å²) in [5.74, 6) is -1.94. The van der Waals surface area contributed by atoms with Gasteiger partial charge in [0.1, 0.15) is 11.2 Å². The normalized spacial score (nSPS) is 17.6. The predicted molar refractivity (Wildman–Crippen MR) is 166 cm³/mol. The SMILES string of the molecule is [2H]c1c([2H])c([2H])c(-c2nc(-c3c([2H])c([2H])c([2H])c4c(-c5ccccc5)c([2H])c([2H])c([2H])c34)nc(-c3c([2H])c([2H])c([2H])c4oc5c([2H])c([2H])c([2H])c([2H])c5c34)n2)c([2H])c1[2H]. The molecule has 0 amide bonds. The molecule has 6 aromatic carbocycles. The highest BCUT2D eigenvalue weighted by Gasteiger charge is 2.18. The number of rotatable bonds is 4. The second-order valence-corrected chi connectivity index (χ2v) is 8.68. The summed E-state index contributed by atoms with van der Waals surface area (Å²) in [6.07, 6.45) is 0. The molecule has 0 unspecified atom stereocenters. The highest BCUT2D eigenvalue weighted by molar-refractivity contribution is 6.12. The van der Waals surface area contributed by atoms with E-state index in [-0.39, 0.29) is 27.1 Å². The highest BCUT2D eigenvalue weighted by Crippen LogP contribution is 2.38. The standard InChI is InChI=1S/C37H23N3O/c1-3-12-24(13-4-1)26-17-9-19-28-27(26)18-10-20-29(28)36-38-35(25-14-5-2-6-15-25)39-37(40-36)31-21-11-23-33-34(31)30-16-7-8-22-32(30)41-33/h1-23H/i2D,5D,6D,7D,8D,9D,10D,11D,14D,15D,16D,17D,18D,19D,20D,21D,22D,23D. The van der Waals surface area contributed by atoms with Gasteiger partial charge in [-0.2, -0.15) is 0 Å². The third-order valence-electron chi connectivity index (χ3n) is 6.32. The maximum Gasteiger partial charge on any atom is 0.164 e. The zero-order chi connectivity index (χ0) is 42.8. The predicted octanol–water partition coefficient (Wildman–Crippen LogP) is 9.59. The molecule has 0 aliphatic heterocycles. The van der Waals surface area contributed by atoms with Crippen LogP contribution in [-0.2, 0) is 0 Å². The summed E-state index contributed by atoms with van der Waals surface area (Å²) in [7, 11) is 0. The quantitative estimate of drug-likeness (QED) is 0.222. The van der Waals surface area contributed by atoms with Gasteiger partial charge in [-0.25, -0.2) is 15.0 Å². The van der Waals surface area contributed by atoms with Crippen LogP contribution in [0.25, 0.3) is 78.0 Å². The minimum Gasteiger partial charge on any atom is -0.456 e. The zero-order valence-corrected chi connectivity index (χ0v) is 20.6. The Bertz CT molecular complexity index is 3180. The summed E-state index contributed by atoms with van der Waals surface area (Å²) < 4.78 is 162. The number of aromatic nitrogens is 3. The molecule has 0 aliphatic carbocycles. The van der Waals surface area contributed by atoms with E-state index < -0.39 is 154 Å². The number of fused-ring (bicyclic) bond motifs is 4. The van der Waals surface area contributed by atoms with Crippen LogP contribution in [0.4, 0.5) is 0 Å². The molecule has 0 saturated heterocycles. The molecule has 2 aromatic heterocycles. The lowest BCUT2D eigenvalue weighted by molar-refractivity contribution is 0.669. The molecule has 4 nitrogen and oxygen atoms in total. The fourth-order valence-corrected chi connectivity index (χ4v) is 4.53. The molecule has 8 rings (SSSR count). The van der Waals surface area contributed by atoms with Gasteiger partial charge in [0, 0.05) is 27.5 Å². The van der Waals surface area contributed by atoms with Crippen molar-refractivity contribution in [1.29, 1.82) is 0 Å². The van der Waals surface area contributed by atoms with E-state index in [1.54, 1.807) is 30.3 Å². The van der Waals surface area contributed by atoms with Crippen LogP contribution in [0.1, 0.15) is 24.7 Å². The topological polar surface area (TPSA) is 51.8 Å². The molecule has 2 heterocycles. The molecule has 0 spiro atoms. The van der Waals surface area contributed by atoms with E-state index in [0.717, 1.165) is 0 Å². The van der Waals surface area contributed by atoms with Crippen molar-refractivity contribution in [1.82, 2.24) is 15.0 Å². The molecule has 8 aromatic rings. The maximum atomic E-state index is 9.15. The van der Waals surface area contributed by atoms with Gasteiger partial charge < -0.3 is 4.42 Å². The Labute approximate surface area is 261 Å². The van der Waals surface area contributed by atoms with Crippen molar-refractivity contribution < 1.29 is 29.1 Å². The minimum atomic E-state index is -0.793. The zero-order valence-electron chi connectivity index (χ0n) is 38.6. The lowest BCUT2D eigenvalue weighted by Crippen LogP contribution is -2.01. The number of hydrogen-bond donors (Lipinski definition) is 0. The average molecular weight is 544 g/mol. The molecule has 0 aliphatic rings. The van der Waals surface area contributed by atoms with E-state index in [2.05, 4.69) is 15.0 Å². The molecule has 0 atom stereocenters. The molecule has 0 bridgehead atoms. The number of furan rings is 1. The van der Waals surface area contributed by atoms with Crippen LogP contribution in [0.15, 0.2) is 144 Å². The van der Waals surface area contributed by atoms with Crippen molar-refractivity contribution in [3.05, 3.63) is 139 Å². The average Bonchev–Trinajstić information content (AvgIpc) is 3.62. The Morgan fingerprint density at radius 3 is 1.85 bits per heavy atom. The van der Waals surface area contributed by atoms with E-state index in [1.807, 2.05) is 0 Å². The Kier molecular flexibility index (Phi) is 2.67. The fraction of sp³-hybridized carbons (Fsp3) is 0. The first-order chi connectivity index (χ1) is 27.8. The highest BCUT2D eigenvalue weighted by atomic mass is 16.3. The van der Waals surface area contributed by atoms with Gasteiger partial charge >= 0.3 is 0 Å². The number of nitrogens with zero attached hydrogens (tertiary/aromatic N) is 3. The Hall–Kier alpha value is -5.61. The van der Waals surface area contributed by atoms with E-state index in [0.29, 0.717) is 5.56 Å². The number of hydrogen-bond acceptors (Lipinski definition) is 4. The largest absolute Gasteiger partial charge is 0.456 e. The molecule has 0 saturated carbocycles. The van der Waals surface area contributed by atoms with Crippen LogP contribution in [0.5, 0.6) is 0 Å². The maximum absolute atomic E-state index is 9.15. The van der Waals surface area contributed by atoms with Crippen molar-refractivity contribution in [2.24, 2.45) is 0 Å². The third-order valence-corrected chi connectivity index (χ3v) is 6.32.